The summed E-state index contributed by atoms with van der Waals surface area (Å²) < 4.78 is 0. The van der Waals surface area contributed by atoms with Crippen LogP contribution in [0.1, 0.15) is 71.4 Å². The summed E-state index contributed by atoms with van der Waals surface area (Å²) in [6, 6.07) is 8.32. The molecule has 29 heavy (non-hydrogen) atoms. The van der Waals surface area contributed by atoms with Gasteiger partial charge in [-0.25, -0.2) is 0 Å². The Kier molecular flexibility index (Phi) is 4.50. The third-order valence-electron chi connectivity index (χ3n) is 6.93. The maximum Gasteiger partial charge on any atom is 0.255 e. The van der Waals surface area contributed by atoms with E-state index in [4.69, 9.17) is 0 Å². The van der Waals surface area contributed by atoms with E-state index in [2.05, 4.69) is 29.2 Å². The zero-order valence-electron chi connectivity index (χ0n) is 17.4. The van der Waals surface area contributed by atoms with Gasteiger partial charge in [0, 0.05) is 24.0 Å². The smallest absolute Gasteiger partial charge is 0.255 e. The minimum Gasteiger partial charge on any atom is -0.388 e. The van der Waals surface area contributed by atoms with Crippen LogP contribution in [0.2, 0.25) is 0 Å². The van der Waals surface area contributed by atoms with Crippen LogP contribution in [-0.2, 0) is 32.2 Å². The molecule has 4 heteroatoms. The van der Waals surface area contributed by atoms with Crippen molar-refractivity contribution in [3.05, 3.63) is 64.0 Å². The van der Waals surface area contributed by atoms with Crippen molar-refractivity contribution < 1.29 is 9.90 Å². The Morgan fingerprint density at radius 2 is 1.97 bits per heavy atom. The van der Waals surface area contributed by atoms with Gasteiger partial charge in [-0.15, -0.1) is 0 Å². The van der Waals surface area contributed by atoms with Crippen LogP contribution < -0.4 is 0 Å². The number of rotatable bonds is 6. The Balaban J connectivity index is 1.40. The first-order chi connectivity index (χ1) is 13.9. The van der Waals surface area contributed by atoms with Crippen LogP contribution in [0.15, 0.2) is 30.5 Å². The van der Waals surface area contributed by atoms with E-state index in [1.54, 1.807) is 0 Å². The summed E-state index contributed by atoms with van der Waals surface area (Å²) in [6.45, 7) is 4.31. The molecule has 152 valence electrons. The maximum atomic E-state index is 13.4. The predicted molar refractivity (Wildman–Crippen MR) is 113 cm³/mol. The summed E-state index contributed by atoms with van der Waals surface area (Å²) in [6.07, 6.45) is 9.40. The normalized spacial score (nSPS) is 19.4. The van der Waals surface area contributed by atoms with Gasteiger partial charge >= 0.3 is 0 Å². The topological polar surface area (TPSA) is 53.4 Å². The molecule has 0 radical (unpaired) electrons. The Morgan fingerprint density at radius 1 is 1.17 bits per heavy atom. The monoisotopic (exact) mass is 390 g/mol. The number of nitrogens with zero attached hydrogens (tertiary/aromatic N) is 2. The average Bonchev–Trinajstić information content (AvgIpc) is 3.27. The summed E-state index contributed by atoms with van der Waals surface area (Å²) >= 11 is 0. The van der Waals surface area contributed by atoms with Crippen LogP contribution in [0.3, 0.4) is 0 Å². The van der Waals surface area contributed by atoms with E-state index in [1.165, 1.54) is 23.2 Å². The van der Waals surface area contributed by atoms with Crippen molar-refractivity contribution in [2.75, 3.05) is 0 Å². The van der Waals surface area contributed by atoms with Gasteiger partial charge in [0.05, 0.1) is 11.6 Å². The van der Waals surface area contributed by atoms with E-state index in [0.717, 1.165) is 55.2 Å². The summed E-state index contributed by atoms with van der Waals surface area (Å²) in [7, 11) is 0. The van der Waals surface area contributed by atoms with Crippen molar-refractivity contribution in [2.24, 2.45) is 5.92 Å². The van der Waals surface area contributed by atoms with Crippen LogP contribution in [-0.4, -0.2) is 32.5 Å². The first-order valence-corrected chi connectivity index (χ1v) is 11.0. The molecule has 1 aliphatic heterocycles. The number of hydrogen-bond donors (Lipinski definition) is 1. The molecule has 0 bridgehead atoms. The number of hydrogen-bond acceptors (Lipinski definition) is 3. The van der Waals surface area contributed by atoms with Crippen molar-refractivity contribution in [1.29, 1.82) is 0 Å². The number of aliphatic hydroxyl groups is 1. The first-order valence-electron chi connectivity index (χ1n) is 11.0. The molecule has 3 aliphatic rings. The standard InChI is InChI=1S/C25H30N2O2/c1-25(2,29)23(18-11-12-18)27-15-19-6-3-5-17(22(19)24(27)28)10-9-16-13-14-26-21-8-4-7-20(16)21/h3,5-6,13-14,18,23,29H,4,7-12,15H2,1-2H3. The summed E-state index contributed by atoms with van der Waals surface area (Å²) in [4.78, 5) is 19.9. The van der Waals surface area contributed by atoms with Gasteiger partial charge in [0.1, 0.15) is 0 Å². The molecule has 5 rings (SSSR count). The van der Waals surface area contributed by atoms with Gasteiger partial charge < -0.3 is 10.0 Å². The lowest BCUT2D eigenvalue weighted by atomic mass is 9.92. The fourth-order valence-corrected chi connectivity index (χ4v) is 5.55. The Morgan fingerprint density at radius 3 is 2.72 bits per heavy atom. The van der Waals surface area contributed by atoms with Gasteiger partial charge in [0.2, 0.25) is 0 Å². The number of fused-ring (bicyclic) bond motifs is 2. The number of pyridine rings is 1. The minimum absolute atomic E-state index is 0.0984. The second-order valence-corrected chi connectivity index (χ2v) is 9.57. The highest BCUT2D eigenvalue weighted by molar-refractivity contribution is 6.00. The molecule has 0 spiro atoms. The number of carbonyl (C=O) groups is 1. The number of carbonyl (C=O) groups excluding carboxylic acids is 1. The van der Waals surface area contributed by atoms with Gasteiger partial charge in [0.25, 0.3) is 5.91 Å². The number of amides is 1. The fraction of sp³-hybridized carbons (Fsp3) is 0.520. The highest BCUT2D eigenvalue weighted by Crippen LogP contribution is 2.43. The molecular weight excluding hydrogens is 360 g/mol. The lowest BCUT2D eigenvalue weighted by Gasteiger charge is -2.37. The Bertz CT molecular complexity index is 956. The van der Waals surface area contributed by atoms with Crippen LogP contribution in [0.25, 0.3) is 0 Å². The lowest BCUT2D eigenvalue weighted by molar-refractivity contribution is -0.0224. The molecule has 1 atom stereocenters. The van der Waals surface area contributed by atoms with Gasteiger partial charge in [-0.3, -0.25) is 9.78 Å². The first kappa shape index (κ1) is 18.8. The minimum atomic E-state index is -0.878. The second-order valence-electron chi connectivity index (χ2n) is 9.57. The van der Waals surface area contributed by atoms with Gasteiger partial charge in [0.15, 0.2) is 0 Å². The highest BCUT2D eigenvalue weighted by atomic mass is 16.3. The summed E-state index contributed by atoms with van der Waals surface area (Å²) in [5.41, 5.74) is 6.35. The second kappa shape index (κ2) is 6.94. The van der Waals surface area contributed by atoms with Gasteiger partial charge in [-0.05, 0) is 93.0 Å². The van der Waals surface area contributed by atoms with Crippen LogP contribution in [0.5, 0.6) is 0 Å². The molecule has 2 aromatic rings. The average molecular weight is 391 g/mol. The van der Waals surface area contributed by atoms with Crippen LogP contribution in [0, 0.1) is 5.92 Å². The maximum absolute atomic E-state index is 13.4. The molecule has 2 heterocycles. The van der Waals surface area contributed by atoms with Crippen molar-refractivity contribution in [3.63, 3.8) is 0 Å². The molecular formula is C25H30N2O2. The molecule has 1 amide bonds. The third-order valence-corrected chi connectivity index (χ3v) is 6.93. The molecule has 1 saturated carbocycles. The lowest BCUT2D eigenvalue weighted by Crippen LogP contribution is -2.51. The molecule has 1 unspecified atom stereocenters. The molecule has 1 fully saturated rings. The zero-order valence-corrected chi connectivity index (χ0v) is 17.4. The molecule has 4 nitrogen and oxygen atoms in total. The van der Waals surface area contributed by atoms with Crippen molar-refractivity contribution in [1.82, 2.24) is 9.88 Å². The van der Waals surface area contributed by atoms with E-state index >= 15 is 0 Å². The molecule has 1 N–H and O–H groups in total. The third kappa shape index (κ3) is 3.38. The van der Waals surface area contributed by atoms with Crippen molar-refractivity contribution in [3.8, 4) is 0 Å². The van der Waals surface area contributed by atoms with Crippen LogP contribution in [0.4, 0.5) is 0 Å². The van der Waals surface area contributed by atoms with Crippen molar-refractivity contribution in [2.45, 2.75) is 77.0 Å². The Hall–Kier alpha value is -2.20. The fourth-order valence-electron chi connectivity index (χ4n) is 5.55. The Labute approximate surface area is 173 Å². The number of aryl methyl sites for hydroxylation is 3. The van der Waals surface area contributed by atoms with E-state index in [1.807, 2.05) is 24.9 Å². The van der Waals surface area contributed by atoms with Crippen molar-refractivity contribution >= 4 is 5.91 Å². The highest BCUT2D eigenvalue weighted by Gasteiger charge is 2.48. The van der Waals surface area contributed by atoms with Crippen LogP contribution >= 0.6 is 0 Å². The quantitative estimate of drug-likeness (QED) is 0.815. The largest absolute Gasteiger partial charge is 0.388 e. The van der Waals surface area contributed by atoms with E-state index in [9.17, 15) is 9.90 Å². The summed E-state index contributed by atoms with van der Waals surface area (Å²) in [5.74, 6) is 0.533. The summed E-state index contributed by atoms with van der Waals surface area (Å²) in [5, 5.41) is 10.8. The molecule has 1 aromatic heterocycles. The molecule has 0 saturated heterocycles. The van der Waals surface area contributed by atoms with Gasteiger partial charge in [-0.1, -0.05) is 18.2 Å². The number of aromatic nitrogens is 1. The van der Waals surface area contributed by atoms with Gasteiger partial charge in [-0.2, -0.15) is 0 Å². The van der Waals surface area contributed by atoms with E-state index < -0.39 is 5.60 Å². The molecule has 1 aromatic carbocycles. The van der Waals surface area contributed by atoms with E-state index in [0.29, 0.717) is 12.5 Å². The predicted octanol–water partition coefficient (Wildman–Crippen LogP) is 3.86. The SMILES string of the molecule is CC(C)(O)C(C1CC1)N1Cc2cccc(CCc3ccnc4c3CCC4)c2C1=O. The number of benzene rings is 1. The molecule has 2 aliphatic carbocycles. The van der Waals surface area contributed by atoms with E-state index in [-0.39, 0.29) is 11.9 Å². The zero-order chi connectivity index (χ0) is 20.2.